The highest BCUT2D eigenvalue weighted by Crippen LogP contribution is 2.36. The highest BCUT2D eigenvalue weighted by atomic mass is 15.3. The van der Waals surface area contributed by atoms with Gasteiger partial charge in [-0.1, -0.05) is 0 Å². The number of aromatic nitrogens is 3. The minimum Gasteiger partial charge on any atom is -0.326 e. The predicted molar refractivity (Wildman–Crippen MR) is 58.4 cm³/mol. The Bertz CT molecular complexity index is 511. The summed E-state index contributed by atoms with van der Waals surface area (Å²) in [6.45, 7) is 2.57. The van der Waals surface area contributed by atoms with Crippen LogP contribution >= 0.6 is 0 Å². The van der Waals surface area contributed by atoms with E-state index in [2.05, 4.69) is 20.8 Å². The van der Waals surface area contributed by atoms with Crippen LogP contribution in [0.5, 0.6) is 0 Å². The lowest BCUT2D eigenvalue weighted by Gasteiger charge is -1.99. The molecule has 78 valence electrons. The monoisotopic (exact) mass is 202 g/mol. The predicted octanol–water partition coefficient (Wildman–Crippen LogP) is 1.53. The van der Waals surface area contributed by atoms with E-state index in [4.69, 9.17) is 5.73 Å². The molecule has 15 heavy (non-hydrogen) atoms. The third-order valence-electron chi connectivity index (χ3n) is 2.92. The van der Waals surface area contributed by atoms with E-state index in [0.717, 1.165) is 22.3 Å². The molecule has 0 radical (unpaired) electrons. The summed E-state index contributed by atoms with van der Waals surface area (Å²) < 4.78 is 2.06. The van der Waals surface area contributed by atoms with Gasteiger partial charge in [0.1, 0.15) is 0 Å². The molecule has 0 unspecified atom stereocenters. The van der Waals surface area contributed by atoms with Gasteiger partial charge >= 0.3 is 0 Å². The first-order chi connectivity index (χ1) is 7.29. The van der Waals surface area contributed by atoms with Gasteiger partial charge in [0.15, 0.2) is 5.65 Å². The summed E-state index contributed by atoms with van der Waals surface area (Å²) in [5, 5.41) is 5.68. The molecule has 1 fully saturated rings. The molecule has 1 saturated carbocycles. The fourth-order valence-corrected chi connectivity index (χ4v) is 1.90. The molecule has 0 amide bonds. The van der Waals surface area contributed by atoms with Crippen LogP contribution in [0.25, 0.3) is 11.0 Å². The number of rotatable bonds is 2. The largest absolute Gasteiger partial charge is 0.326 e. The van der Waals surface area contributed by atoms with Gasteiger partial charge in [0.25, 0.3) is 0 Å². The molecule has 0 aliphatic heterocycles. The smallest absolute Gasteiger partial charge is 0.158 e. The Morgan fingerprint density at radius 3 is 3.00 bits per heavy atom. The maximum Gasteiger partial charge on any atom is 0.158 e. The van der Waals surface area contributed by atoms with Crippen LogP contribution in [0.2, 0.25) is 0 Å². The average Bonchev–Trinajstić information content (AvgIpc) is 3.05. The van der Waals surface area contributed by atoms with Crippen LogP contribution in [0.1, 0.15) is 30.1 Å². The van der Waals surface area contributed by atoms with E-state index < -0.39 is 0 Å². The molecule has 0 aromatic carbocycles. The molecule has 2 N–H and O–H groups in total. The van der Waals surface area contributed by atoms with E-state index in [1.165, 1.54) is 12.8 Å². The van der Waals surface area contributed by atoms with Crippen molar-refractivity contribution in [3.8, 4) is 0 Å². The van der Waals surface area contributed by atoms with Gasteiger partial charge in [-0.05, 0) is 31.4 Å². The van der Waals surface area contributed by atoms with E-state index in [9.17, 15) is 0 Å². The van der Waals surface area contributed by atoms with Crippen LogP contribution in [0.15, 0.2) is 12.3 Å². The van der Waals surface area contributed by atoms with Crippen LogP contribution in [-0.2, 0) is 6.54 Å². The fraction of sp³-hybridized carbons (Fsp3) is 0.455. The second-order valence-corrected chi connectivity index (χ2v) is 4.18. The summed E-state index contributed by atoms with van der Waals surface area (Å²) in [4.78, 5) is 4.45. The quantitative estimate of drug-likeness (QED) is 0.803. The first kappa shape index (κ1) is 8.85. The number of nitrogens with two attached hydrogens (primary N) is 1. The van der Waals surface area contributed by atoms with Crippen LogP contribution < -0.4 is 5.73 Å². The van der Waals surface area contributed by atoms with Gasteiger partial charge in [-0.15, -0.1) is 0 Å². The topological polar surface area (TPSA) is 56.7 Å². The van der Waals surface area contributed by atoms with Crippen molar-refractivity contribution in [2.75, 3.05) is 0 Å². The van der Waals surface area contributed by atoms with Crippen molar-refractivity contribution in [3.63, 3.8) is 0 Å². The number of hydrogen-bond donors (Lipinski definition) is 1. The minimum atomic E-state index is 0.539. The third kappa shape index (κ3) is 1.33. The highest BCUT2D eigenvalue weighted by Gasteiger charge is 2.27. The molecule has 0 bridgehead atoms. The molecule has 0 spiro atoms. The second-order valence-electron chi connectivity index (χ2n) is 4.18. The lowest BCUT2D eigenvalue weighted by Crippen LogP contribution is -1.99. The van der Waals surface area contributed by atoms with Gasteiger partial charge in [0, 0.05) is 18.1 Å². The molecular weight excluding hydrogens is 188 g/mol. The van der Waals surface area contributed by atoms with Crippen molar-refractivity contribution >= 4 is 11.0 Å². The van der Waals surface area contributed by atoms with Crippen molar-refractivity contribution < 1.29 is 0 Å². The van der Waals surface area contributed by atoms with Gasteiger partial charge in [0.2, 0.25) is 0 Å². The first-order valence-corrected chi connectivity index (χ1v) is 5.33. The van der Waals surface area contributed by atoms with Gasteiger partial charge in [-0.3, -0.25) is 0 Å². The third-order valence-corrected chi connectivity index (χ3v) is 2.92. The van der Waals surface area contributed by atoms with Gasteiger partial charge < -0.3 is 5.73 Å². The second kappa shape index (κ2) is 3.03. The molecule has 4 nitrogen and oxygen atoms in total. The summed E-state index contributed by atoms with van der Waals surface area (Å²) in [5.41, 5.74) is 8.73. The van der Waals surface area contributed by atoms with Gasteiger partial charge in [-0.2, -0.15) is 5.10 Å². The Kier molecular flexibility index (Phi) is 1.79. The molecule has 1 aliphatic rings. The lowest BCUT2D eigenvalue weighted by atomic mass is 10.2. The molecule has 4 heteroatoms. The van der Waals surface area contributed by atoms with Crippen LogP contribution in [-0.4, -0.2) is 14.8 Å². The Hall–Kier alpha value is -1.42. The first-order valence-electron chi connectivity index (χ1n) is 5.33. The van der Waals surface area contributed by atoms with Crippen molar-refractivity contribution in [2.24, 2.45) is 5.73 Å². The fourth-order valence-electron chi connectivity index (χ4n) is 1.90. The van der Waals surface area contributed by atoms with Crippen LogP contribution in [0.4, 0.5) is 0 Å². The van der Waals surface area contributed by atoms with Crippen molar-refractivity contribution in [1.29, 1.82) is 0 Å². The minimum absolute atomic E-state index is 0.539. The van der Waals surface area contributed by atoms with E-state index in [1.807, 2.05) is 13.1 Å². The maximum absolute atomic E-state index is 5.60. The average molecular weight is 202 g/mol. The van der Waals surface area contributed by atoms with Gasteiger partial charge in [0.05, 0.1) is 11.7 Å². The molecule has 2 heterocycles. The number of aryl methyl sites for hydroxylation is 1. The molecule has 0 saturated heterocycles. The number of pyridine rings is 1. The number of nitrogens with zero attached hydrogens (tertiary/aromatic N) is 3. The van der Waals surface area contributed by atoms with Crippen LogP contribution in [0, 0.1) is 6.92 Å². The van der Waals surface area contributed by atoms with Crippen molar-refractivity contribution in [1.82, 2.24) is 14.8 Å². The Morgan fingerprint density at radius 1 is 1.53 bits per heavy atom. The zero-order valence-electron chi connectivity index (χ0n) is 8.77. The lowest BCUT2D eigenvalue weighted by molar-refractivity contribution is 0.651. The van der Waals surface area contributed by atoms with E-state index in [-0.39, 0.29) is 0 Å². The zero-order chi connectivity index (χ0) is 10.4. The Morgan fingerprint density at radius 2 is 2.33 bits per heavy atom. The molecule has 0 atom stereocenters. The van der Waals surface area contributed by atoms with E-state index in [0.29, 0.717) is 12.6 Å². The van der Waals surface area contributed by atoms with E-state index >= 15 is 0 Å². The molecular formula is C11H14N4. The van der Waals surface area contributed by atoms with Crippen LogP contribution in [0.3, 0.4) is 0 Å². The van der Waals surface area contributed by atoms with Crippen molar-refractivity contribution in [3.05, 3.63) is 23.5 Å². The normalized spacial score (nSPS) is 16.1. The zero-order valence-corrected chi connectivity index (χ0v) is 8.77. The summed E-state index contributed by atoms with van der Waals surface area (Å²) in [6.07, 6.45) is 4.31. The molecule has 2 aromatic heterocycles. The summed E-state index contributed by atoms with van der Waals surface area (Å²) in [7, 11) is 0. The Labute approximate surface area is 88.1 Å². The number of fused-ring (bicyclic) bond motifs is 1. The SMILES string of the molecule is Cc1nn(C2CC2)c2ncc(CN)cc12. The van der Waals surface area contributed by atoms with E-state index in [1.54, 1.807) is 0 Å². The molecule has 3 rings (SSSR count). The summed E-state index contributed by atoms with van der Waals surface area (Å²) in [5.74, 6) is 0. The highest BCUT2D eigenvalue weighted by molar-refractivity contribution is 5.78. The number of hydrogen-bond acceptors (Lipinski definition) is 3. The van der Waals surface area contributed by atoms with Gasteiger partial charge in [-0.25, -0.2) is 9.67 Å². The maximum atomic E-state index is 5.60. The summed E-state index contributed by atoms with van der Waals surface area (Å²) in [6, 6.07) is 2.68. The standard InChI is InChI=1S/C11H14N4/c1-7-10-4-8(5-12)6-13-11(10)15(14-7)9-2-3-9/h4,6,9H,2-3,5,12H2,1H3. The van der Waals surface area contributed by atoms with Crippen molar-refractivity contribution in [2.45, 2.75) is 32.4 Å². The summed E-state index contributed by atoms with van der Waals surface area (Å²) >= 11 is 0. The molecule has 2 aromatic rings. The Balaban J connectivity index is 2.23. The molecule has 1 aliphatic carbocycles.